The normalized spacial score (nSPS) is 10.8. The number of esters is 1. The molecule has 2 aromatic carbocycles. The van der Waals surface area contributed by atoms with Gasteiger partial charge in [0.15, 0.2) is 5.16 Å². The molecule has 1 N–H and O–H groups in total. The second-order valence-corrected chi connectivity index (χ2v) is 8.97. The number of ether oxygens (including phenoxy) is 1. The number of para-hydroxylation sites is 1. The zero-order valence-electron chi connectivity index (χ0n) is 18.0. The molecule has 0 fully saturated rings. The molecule has 0 aliphatic carbocycles. The van der Waals surface area contributed by atoms with Crippen molar-refractivity contribution >= 4 is 50.9 Å². The van der Waals surface area contributed by atoms with E-state index in [0.717, 1.165) is 17.3 Å². The van der Waals surface area contributed by atoms with Crippen molar-refractivity contribution < 1.29 is 14.3 Å². The third-order valence-corrected chi connectivity index (χ3v) is 6.55. The van der Waals surface area contributed by atoms with Crippen LogP contribution in [0.5, 0.6) is 0 Å². The Morgan fingerprint density at radius 2 is 1.88 bits per heavy atom. The number of hydrogen-bond acceptors (Lipinski definition) is 7. The van der Waals surface area contributed by atoms with Crippen LogP contribution in [0, 0.1) is 6.92 Å². The highest BCUT2D eigenvalue weighted by atomic mass is 32.2. The number of nitrogens with zero attached hydrogens (tertiary/aromatic N) is 2. The molecule has 0 spiro atoms. The molecule has 33 heavy (non-hydrogen) atoms. The number of carbonyl (C=O) groups is 2. The molecule has 0 saturated heterocycles. The number of aromatic nitrogens is 2. The maximum absolute atomic E-state index is 13.3. The van der Waals surface area contributed by atoms with Crippen molar-refractivity contribution in [2.45, 2.75) is 19.0 Å². The van der Waals surface area contributed by atoms with Gasteiger partial charge in [-0.1, -0.05) is 41.6 Å². The van der Waals surface area contributed by atoms with Crippen LogP contribution in [0.25, 0.3) is 16.6 Å². The third kappa shape index (κ3) is 4.99. The van der Waals surface area contributed by atoms with E-state index in [-0.39, 0.29) is 23.8 Å². The van der Waals surface area contributed by atoms with Crippen molar-refractivity contribution in [2.75, 3.05) is 17.7 Å². The van der Waals surface area contributed by atoms with Crippen LogP contribution in [-0.4, -0.2) is 33.8 Å². The Hall–Kier alpha value is -3.43. The summed E-state index contributed by atoms with van der Waals surface area (Å²) in [5.74, 6) is -0.784. The van der Waals surface area contributed by atoms with Crippen LogP contribution in [0.3, 0.4) is 0 Å². The molecule has 0 unspecified atom stereocenters. The lowest BCUT2D eigenvalue weighted by Crippen LogP contribution is -2.23. The van der Waals surface area contributed by atoms with E-state index in [2.05, 4.69) is 10.3 Å². The van der Waals surface area contributed by atoms with Gasteiger partial charge >= 0.3 is 5.97 Å². The summed E-state index contributed by atoms with van der Waals surface area (Å²) in [6.07, 6.45) is 0. The standard InChI is InChI=1S/C24H21N3O4S2/c1-3-31-23(30)18-12-13-32-21(18)26-20(28)14-33-24-25-19-7-5-4-6-17(19)22(29)27(24)16-10-8-15(2)9-11-16/h4-13H,3,14H2,1-2H3,(H,26,28). The number of thioether (sulfide) groups is 1. The lowest BCUT2D eigenvalue weighted by molar-refractivity contribution is -0.113. The Bertz CT molecular complexity index is 1380. The molecule has 0 aliphatic heterocycles. The van der Waals surface area contributed by atoms with Gasteiger partial charge < -0.3 is 10.1 Å². The van der Waals surface area contributed by atoms with Gasteiger partial charge in [-0.05, 0) is 49.6 Å². The summed E-state index contributed by atoms with van der Waals surface area (Å²) >= 11 is 2.40. The van der Waals surface area contributed by atoms with Gasteiger partial charge in [-0.15, -0.1) is 11.3 Å². The second kappa shape index (κ2) is 10.0. The summed E-state index contributed by atoms with van der Waals surface area (Å²) in [5.41, 5.74) is 2.43. The maximum atomic E-state index is 13.3. The highest BCUT2D eigenvalue weighted by molar-refractivity contribution is 7.99. The van der Waals surface area contributed by atoms with Gasteiger partial charge in [0, 0.05) is 0 Å². The lowest BCUT2D eigenvalue weighted by Gasteiger charge is -2.13. The highest BCUT2D eigenvalue weighted by Gasteiger charge is 2.18. The summed E-state index contributed by atoms with van der Waals surface area (Å²) in [6, 6.07) is 16.3. The smallest absolute Gasteiger partial charge is 0.341 e. The van der Waals surface area contributed by atoms with Crippen molar-refractivity contribution in [2.24, 2.45) is 0 Å². The van der Waals surface area contributed by atoms with Crippen molar-refractivity contribution in [1.29, 1.82) is 0 Å². The number of nitrogens with one attached hydrogen (secondary N) is 1. The fraction of sp³-hybridized carbons (Fsp3) is 0.167. The molecular weight excluding hydrogens is 458 g/mol. The van der Waals surface area contributed by atoms with Gasteiger partial charge in [0.25, 0.3) is 5.56 Å². The predicted octanol–water partition coefficient (Wildman–Crippen LogP) is 4.66. The molecular formula is C24H21N3O4S2. The number of carbonyl (C=O) groups excluding carboxylic acids is 2. The summed E-state index contributed by atoms with van der Waals surface area (Å²) < 4.78 is 6.55. The van der Waals surface area contributed by atoms with Crippen molar-refractivity contribution in [3.63, 3.8) is 0 Å². The summed E-state index contributed by atoms with van der Waals surface area (Å²) in [7, 11) is 0. The van der Waals surface area contributed by atoms with Gasteiger partial charge in [-0.3, -0.25) is 14.2 Å². The molecule has 2 aromatic heterocycles. The lowest BCUT2D eigenvalue weighted by atomic mass is 10.2. The molecule has 168 valence electrons. The zero-order valence-corrected chi connectivity index (χ0v) is 19.7. The van der Waals surface area contributed by atoms with Gasteiger partial charge in [0.05, 0.1) is 34.5 Å². The largest absolute Gasteiger partial charge is 0.462 e. The SMILES string of the molecule is CCOC(=O)c1ccsc1NC(=O)CSc1nc2ccccc2c(=O)n1-c1ccc(C)cc1. The Morgan fingerprint density at radius 3 is 2.64 bits per heavy atom. The monoisotopic (exact) mass is 479 g/mol. The molecule has 0 saturated carbocycles. The molecule has 0 bridgehead atoms. The molecule has 7 nitrogen and oxygen atoms in total. The Kier molecular flexibility index (Phi) is 6.90. The minimum atomic E-state index is -0.480. The first-order valence-electron chi connectivity index (χ1n) is 10.2. The molecule has 4 aromatic rings. The number of hydrogen-bond donors (Lipinski definition) is 1. The van der Waals surface area contributed by atoms with Gasteiger partial charge in [-0.25, -0.2) is 9.78 Å². The third-order valence-electron chi connectivity index (χ3n) is 4.78. The molecule has 2 heterocycles. The van der Waals surface area contributed by atoms with E-state index >= 15 is 0 Å². The number of anilines is 1. The van der Waals surface area contributed by atoms with Gasteiger partial charge in [-0.2, -0.15) is 0 Å². The van der Waals surface area contributed by atoms with Crippen LogP contribution >= 0.6 is 23.1 Å². The Labute approximate surface area is 198 Å². The van der Waals surface area contributed by atoms with E-state index in [1.165, 1.54) is 15.9 Å². The molecule has 9 heteroatoms. The Balaban J connectivity index is 1.61. The van der Waals surface area contributed by atoms with Crippen LogP contribution < -0.4 is 10.9 Å². The van der Waals surface area contributed by atoms with E-state index in [1.807, 2.05) is 37.3 Å². The molecule has 0 aliphatic rings. The van der Waals surface area contributed by atoms with E-state index in [1.54, 1.807) is 36.6 Å². The number of fused-ring (bicyclic) bond motifs is 1. The van der Waals surface area contributed by atoms with Crippen LogP contribution in [0.15, 0.2) is 69.9 Å². The second-order valence-electron chi connectivity index (χ2n) is 7.11. The number of amides is 1. The summed E-state index contributed by atoms with van der Waals surface area (Å²) in [6.45, 7) is 3.95. The number of benzene rings is 2. The fourth-order valence-electron chi connectivity index (χ4n) is 3.20. The Morgan fingerprint density at radius 1 is 1.12 bits per heavy atom. The zero-order chi connectivity index (χ0) is 23.4. The molecule has 4 rings (SSSR count). The van der Waals surface area contributed by atoms with Crippen LogP contribution in [0.2, 0.25) is 0 Å². The molecule has 0 radical (unpaired) electrons. The topological polar surface area (TPSA) is 90.3 Å². The number of aryl methyl sites for hydroxylation is 1. The van der Waals surface area contributed by atoms with Crippen LogP contribution in [0.4, 0.5) is 5.00 Å². The first-order chi connectivity index (χ1) is 16.0. The van der Waals surface area contributed by atoms with Crippen molar-refractivity contribution in [1.82, 2.24) is 9.55 Å². The van der Waals surface area contributed by atoms with Crippen LogP contribution in [-0.2, 0) is 9.53 Å². The predicted molar refractivity (Wildman–Crippen MR) is 132 cm³/mol. The molecule has 1 amide bonds. The highest BCUT2D eigenvalue weighted by Crippen LogP contribution is 2.26. The van der Waals surface area contributed by atoms with Crippen molar-refractivity contribution in [3.8, 4) is 5.69 Å². The van der Waals surface area contributed by atoms with Gasteiger partial charge in [0.2, 0.25) is 5.91 Å². The minimum Gasteiger partial charge on any atom is -0.462 e. The quantitative estimate of drug-likeness (QED) is 0.235. The van der Waals surface area contributed by atoms with Crippen LogP contribution in [0.1, 0.15) is 22.8 Å². The number of rotatable bonds is 7. The average molecular weight is 480 g/mol. The maximum Gasteiger partial charge on any atom is 0.341 e. The summed E-state index contributed by atoms with van der Waals surface area (Å²) in [5, 5.41) is 5.83. The first kappa shape index (κ1) is 22.8. The van der Waals surface area contributed by atoms with Gasteiger partial charge in [0.1, 0.15) is 5.00 Å². The summed E-state index contributed by atoms with van der Waals surface area (Å²) in [4.78, 5) is 42.6. The minimum absolute atomic E-state index is 0.0107. The van der Waals surface area contributed by atoms with E-state index in [0.29, 0.717) is 32.3 Å². The average Bonchev–Trinajstić information content (AvgIpc) is 3.27. The number of thiophene rings is 1. The van der Waals surface area contributed by atoms with E-state index < -0.39 is 5.97 Å². The molecule has 0 atom stereocenters. The van der Waals surface area contributed by atoms with E-state index in [9.17, 15) is 14.4 Å². The fourth-order valence-corrected chi connectivity index (χ4v) is 4.80. The van der Waals surface area contributed by atoms with Crippen molar-refractivity contribution in [3.05, 3.63) is 81.5 Å². The first-order valence-corrected chi connectivity index (χ1v) is 12.1. The van der Waals surface area contributed by atoms with E-state index in [4.69, 9.17) is 4.74 Å².